The molecule has 1 unspecified atom stereocenters. The molecule has 2 aliphatic rings. The van der Waals surface area contributed by atoms with Gasteiger partial charge in [-0.1, -0.05) is 47.5 Å². The maximum absolute atomic E-state index is 13.9. The summed E-state index contributed by atoms with van der Waals surface area (Å²) in [6.07, 6.45) is 8.01. The van der Waals surface area contributed by atoms with Gasteiger partial charge in [-0.25, -0.2) is 0 Å². The number of fused-ring (bicyclic) bond motifs is 1. The number of benzene rings is 3. The summed E-state index contributed by atoms with van der Waals surface area (Å²) in [4.78, 5) is 30.2. The molecule has 0 aromatic heterocycles. The molecule has 44 heavy (non-hydrogen) atoms. The van der Waals surface area contributed by atoms with Gasteiger partial charge in [0.2, 0.25) is 0 Å². The van der Waals surface area contributed by atoms with Crippen molar-refractivity contribution in [2.24, 2.45) is 0 Å². The predicted molar refractivity (Wildman–Crippen MR) is 178 cm³/mol. The van der Waals surface area contributed by atoms with E-state index in [9.17, 15) is 19.5 Å². The third-order valence-corrected chi connectivity index (χ3v) is 10.9. The Labute approximate surface area is 272 Å². The van der Waals surface area contributed by atoms with Crippen LogP contribution >= 0.6 is 23.2 Å². The number of rotatable bonds is 10. The van der Waals surface area contributed by atoms with Crippen LogP contribution in [0, 0.1) is 10.1 Å². The molecule has 1 aliphatic carbocycles. The highest BCUT2D eigenvalue weighted by Gasteiger charge is 2.28. The van der Waals surface area contributed by atoms with Crippen molar-refractivity contribution in [2.75, 3.05) is 39.5 Å². The van der Waals surface area contributed by atoms with Gasteiger partial charge in [0, 0.05) is 42.8 Å². The maximum atomic E-state index is 13.9. The predicted octanol–water partition coefficient (Wildman–Crippen LogP) is 7.64. The van der Waals surface area contributed by atoms with Crippen LogP contribution in [0.5, 0.6) is 0 Å². The Morgan fingerprint density at radius 3 is 2.50 bits per heavy atom. The molecule has 3 aromatic rings. The number of carbonyl (C=O) groups excluding carboxylic acids is 1. The number of nitro benzene ring substituents is 1. The Morgan fingerprint density at radius 1 is 1.07 bits per heavy atom. The molecule has 2 atom stereocenters. The van der Waals surface area contributed by atoms with Crippen LogP contribution in [-0.2, 0) is 24.0 Å². The molecule has 1 amide bonds. The number of amides is 1. The zero-order chi connectivity index (χ0) is 31.4. The summed E-state index contributed by atoms with van der Waals surface area (Å²) in [6.45, 7) is 3.18. The summed E-state index contributed by atoms with van der Waals surface area (Å²) in [5.41, 5.74) is 4.49. The van der Waals surface area contributed by atoms with Crippen LogP contribution in [0.3, 0.4) is 0 Å². The van der Waals surface area contributed by atoms with E-state index in [1.54, 1.807) is 30.3 Å². The van der Waals surface area contributed by atoms with Gasteiger partial charge >= 0.3 is 0 Å². The molecular formula is C34H39Cl2N3O4S. The Kier molecular flexibility index (Phi) is 10.9. The van der Waals surface area contributed by atoms with E-state index in [4.69, 9.17) is 23.2 Å². The lowest BCUT2D eigenvalue weighted by atomic mass is 9.87. The quantitative estimate of drug-likeness (QED) is 0.127. The minimum Gasteiger partial charge on any atom is -0.612 e. The van der Waals surface area contributed by atoms with Crippen molar-refractivity contribution in [1.29, 1.82) is 0 Å². The average molecular weight is 657 g/mol. The van der Waals surface area contributed by atoms with Crippen molar-refractivity contribution in [2.45, 2.75) is 61.7 Å². The largest absolute Gasteiger partial charge is 0.612 e. The minimum atomic E-state index is -1.01. The number of non-ortho nitro benzene ring substituents is 1. The van der Waals surface area contributed by atoms with E-state index in [0.29, 0.717) is 28.1 Å². The van der Waals surface area contributed by atoms with Crippen LogP contribution in [-0.4, -0.2) is 64.7 Å². The lowest BCUT2D eigenvalue weighted by Gasteiger charge is -2.34. The Hall–Kier alpha value is -2.62. The number of piperidine rings is 1. The SMILES string of the molecule is CN(CC(CCN1CCC(c2ccccc2[S@+](C)[O-])CC1)c1ccc(Cl)c(Cl)c1)C(=O)c1cc([N+](=O)[O-])cc2c1CCCC2. The highest BCUT2D eigenvalue weighted by atomic mass is 35.5. The van der Waals surface area contributed by atoms with Crippen LogP contribution in [0.15, 0.2) is 59.5 Å². The summed E-state index contributed by atoms with van der Waals surface area (Å²) in [6, 6.07) is 16.8. The lowest BCUT2D eigenvalue weighted by Crippen LogP contribution is -2.36. The molecule has 0 saturated carbocycles. The van der Waals surface area contributed by atoms with Crippen molar-refractivity contribution in [3.05, 3.63) is 103 Å². The van der Waals surface area contributed by atoms with Crippen LogP contribution in [0.2, 0.25) is 10.0 Å². The van der Waals surface area contributed by atoms with Crippen molar-refractivity contribution < 1.29 is 14.3 Å². The Balaban J connectivity index is 1.30. The first kappa shape index (κ1) is 32.8. The summed E-state index contributed by atoms with van der Waals surface area (Å²) in [5, 5.41) is 12.6. The van der Waals surface area contributed by atoms with E-state index in [0.717, 1.165) is 86.2 Å². The second kappa shape index (κ2) is 14.6. The van der Waals surface area contributed by atoms with E-state index < -0.39 is 16.1 Å². The number of hydrogen-bond acceptors (Lipinski definition) is 5. The normalized spacial score (nSPS) is 17.1. The van der Waals surface area contributed by atoms with Crippen molar-refractivity contribution >= 4 is 46.0 Å². The first-order valence-electron chi connectivity index (χ1n) is 15.3. The van der Waals surface area contributed by atoms with E-state index >= 15 is 0 Å². The number of halogens is 2. The fourth-order valence-corrected chi connectivity index (χ4v) is 7.92. The molecule has 0 spiro atoms. The van der Waals surface area contributed by atoms with Gasteiger partial charge in [-0.15, -0.1) is 0 Å². The zero-order valence-electron chi connectivity index (χ0n) is 25.3. The van der Waals surface area contributed by atoms with Gasteiger partial charge < -0.3 is 14.4 Å². The standard InChI is InChI=1S/C34H39Cl2N3O4S/c1-37(34(40)30-21-27(39(41)42)19-25-7-3-4-8-28(25)30)22-26(24-11-12-31(35)32(36)20-24)15-18-38-16-13-23(14-17-38)29-9-5-6-10-33(29)44(2)43/h5-6,9-12,19-21,23,26H,3-4,7-8,13-18,22H2,1-2H3/t26?,44-/m0/s1. The molecular weight excluding hydrogens is 617 g/mol. The topological polar surface area (TPSA) is 89.8 Å². The molecule has 0 radical (unpaired) electrons. The Bertz CT molecular complexity index is 1510. The highest BCUT2D eigenvalue weighted by Crippen LogP contribution is 2.35. The molecule has 3 aromatic carbocycles. The Morgan fingerprint density at radius 2 is 1.80 bits per heavy atom. The number of aryl methyl sites for hydroxylation is 1. The molecule has 1 saturated heterocycles. The van der Waals surface area contributed by atoms with Gasteiger partial charge in [-0.05, 0) is 117 Å². The number of nitro groups is 1. The van der Waals surface area contributed by atoms with Crippen LogP contribution in [0.25, 0.3) is 0 Å². The fourth-order valence-electron chi connectivity index (χ4n) is 6.78. The fraction of sp³-hybridized carbons (Fsp3) is 0.441. The van der Waals surface area contributed by atoms with Crippen molar-refractivity contribution in [3.63, 3.8) is 0 Å². The average Bonchev–Trinajstić information content (AvgIpc) is 3.03. The van der Waals surface area contributed by atoms with Gasteiger partial charge in [0.05, 0.1) is 15.0 Å². The van der Waals surface area contributed by atoms with Crippen LogP contribution in [0.4, 0.5) is 5.69 Å². The molecule has 1 heterocycles. The smallest absolute Gasteiger partial charge is 0.270 e. The third kappa shape index (κ3) is 7.60. The molecule has 5 rings (SSSR count). The summed E-state index contributed by atoms with van der Waals surface area (Å²) in [7, 11) is 1.78. The molecule has 234 valence electrons. The van der Waals surface area contributed by atoms with Gasteiger partial charge in [0.15, 0.2) is 4.90 Å². The first-order valence-corrected chi connectivity index (χ1v) is 17.6. The number of carbonyl (C=O) groups is 1. The molecule has 0 bridgehead atoms. The molecule has 1 fully saturated rings. The van der Waals surface area contributed by atoms with E-state index in [2.05, 4.69) is 11.0 Å². The summed E-state index contributed by atoms with van der Waals surface area (Å²) in [5.74, 6) is 0.195. The number of hydrogen-bond donors (Lipinski definition) is 0. The lowest BCUT2D eigenvalue weighted by molar-refractivity contribution is -0.385. The van der Waals surface area contributed by atoms with Gasteiger partial charge in [-0.3, -0.25) is 14.9 Å². The van der Waals surface area contributed by atoms with Gasteiger partial charge in [-0.2, -0.15) is 0 Å². The summed E-state index contributed by atoms with van der Waals surface area (Å²) >= 11 is 11.7. The van der Waals surface area contributed by atoms with E-state index in [1.165, 1.54) is 11.6 Å². The number of likely N-dealkylation sites (tertiary alicyclic amines) is 1. The number of nitrogens with zero attached hydrogens (tertiary/aromatic N) is 3. The second-order valence-corrected chi connectivity index (χ2v) is 14.2. The van der Waals surface area contributed by atoms with Gasteiger partial charge in [0.1, 0.15) is 6.26 Å². The zero-order valence-corrected chi connectivity index (χ0v) is 27.6. The highest BCUT2D eigenvalue weighted by molar-refractivity contribution is 7.90. The molecule has 10 heteroatoms. The third-order valence-electron chi connectivity index (χ3n) is 9.20. The van der Waals surface area contributed by atoms with Crippen molar-refractivity contribution in [3.8, 4) is 0 Å². The molecule has 7 nitrogen and oxygen atoms in total. The molecule has 0 N–H and O–H groups in total. The molecule has 1 aliphatic heterocycles. The van der Waals surface area contributed by atoms with Crippen LogP contribution < -0.4 is 0 Å². The summed E-state index contributed by atoms with van der Waals surface area (Å²) < 4.78 is 12.3. The van der Waals surface area contributed by atoms with Crippen molar-refractivity contribution in [1.82, 2.24) is 9.80 Å². The minimum absolute atomic E-state index is 0.00537. The second-order valence-electron chi connectivity index (χ2n) is 12.0. The van der Waals surface area contributed by atoms with Crippen LogP contribution in [0.1, 0.15) is 76.6 Å². The number of likely N-dealkylation sites (N-methyl/N-ethyl adjacent to an activating group) is 1. The monoisotopic (exact) mass is 655 g/mol. The van der Waals surface area contributed by atoms with E-state index in [1.807, 2.05) is 30.3 Å². The van der Waals surface area contributed by atoms with E-state index in [-0.39, 0.29) is 17.5 Å². The maximum Gasteiger partial charge on any atom is 0.270 e. The van der Waals surface area contributed by atoms with Gasteiger partial charge in [0.25, 0.3) is 11.6 Å². The first-order chi connectivity index (χ1) is 21.1.